The van der Waals surface area contributed by atoms with Gasteiger partial charge in [0.25, 0.3) is 10.0 Å². The van der Waals surface area contributed by atoms with Crippen LogP contribution >= 0.6 is 0 Å². The third-order valence-electron chi connectivity index (χ3n) is 3.41. The Bertz CT molecular complexity index is 1090. The normalized spacial score (nSPS) is 13.3. The van der Waals surface area contributed by atoms with Gasteiger partial charge in [0, 0.05) is 12.4 Å². The van der Waals surface area contributed by atoms with Crippen molar-refractivity contribution in [3.05, 3.63) is 54.0 Å². The first-order valence-corrected chi connectivity index (χ1v) is 8.19. The number of halogens is 6. The van der Waals surface area contributed by atoms with Gasteiger partial charge in [-0.25, -0.2) is 0 Å². The molecule has 138 valence electrons. The zero-order valence-electron chi connectivity index (χ0n) is 12.4. The van der Waals surface area contributed by atoms with Gasteiger partial charge in [-0.3, -0.25) is 4.98 Å². The standard InChI is InChI=1S/C14H7F6N3O2S/c15-13(16,17)8-2-1-3-9(6-8)26(24,25)23-11-4-5-21-7-10(11)12(22-23)14(18,19)20/h1-7H. The van der Waals surface area contributed by atoms with Crippen LogP contribution in [0.15, 0.2) is 47.6 Å². The van der Waals surface area contributed by atoms with Crippen molar-refractivity contribution in [1.82, 2.24) is 14.2 Å². The number of fused-ring (bicyclic) bond motifs is 1. The number of hydrogen-bond acceptors (Lipinski definition) is 4. The minimum atomic E-state index is -4.98. The van der Waals surface area contributed by atoms with Crippen molar-refractivity contribution in [3.63, 3.8) is 0 Å². The summed E-state index contributed by atoms with van der Waals surface area (Å²) in [6, 6.07) is 3.63. The molecule has 3 aromatic rings. The highest BCUT2D eigenvalue weighted by molar-refractivity contribution is 7.90. The molecule has 0 spiro atoms. The number of aromatic nitrogens is 3. The Hall–Kier alpha value is -2.63. The molecule has 26 heavy (non-hydrogen) atoms. The van der Waals surface area contributed by atoms with Gasteiger partial charge < -0.3 is 0 Å². The van der Waals surface area contributed by atoms with Gasteiger partial charge in [0.2, 0.25) is 0 Å². The van der Waals surface area contributed by atoms with Gasteiger partial charge in [-0.2, -0.15) is 43.9 Å². The van der Waals surface area contributed by atoms with Crippen molar-refractivity contribution >= 4 is 20.9 Å². The molecule has 1 aromatic carbocycles. The molecule has 0 aliphatic rings. The van der Waals surface area contributed by atoms with E-state index in [9.17, 15) is 34.8 Å². The van der Waals surface area contributed by atoms with E-state index < -0.39 is 49.4 Å². The topological polar surface area (TPSA) is 64.8 Å². The van der Waals surface area contributed by atoms with E-state index in [4.69, 9.17) is 0 Å². The Morgan fingerprint density at radius 1 is 0.962 bits per heavy atom. The predicted octanol–water partition coefficient (Wildman–Crippen LogP) is 3.71. The van der Waals surface area contributed by atoms with E-state index in [1.165, 1.54) is 0 Å². The van der Waals surface area contributed by atoms with E-state index >= 15 is 0 Å². The lowest BCUT2D eigenvalue weighted by Crippen LogP contribution is -2.17. The Balaban J connectivity index is 2.27. The lowest BCUT2D eigenvalue weighted by Gasteiger charge is -2.10. The first-order chi connectivity index (χ1) is 11.9. The van der Waals surface area contributed by atoms with Crippen LogP contribution in [0.1, 0.15) is 11.3 Å². The fourth-order valence-electron chi connectivity index (χ4n) is 2.26. The molecule has 0 saturated carbocycles. The lowest BCUT2D eigenvalue weighted by molar-refractivity contribution is -0.140. The summed E-state index contributed by atoms with van der Waals surface area (Å²) in [6.45, 7) is 0. The van der Waals surface area contributed by atoms with Gasteiger partial charge in [0.05, 0.1) is 21.4 Å². The predicted molar refractivity (Wildman–Crippen MR) is 76.6 cm³/mol. The Kier molecular flexibility index (Phi) is 3.98. The van der Waals surface area contributed by atoms with Crippen LogP contribution in [0.5, 0.6) is 0 Å². The van der Waals surface area contributed by atoms with Crippen LogP contribution in [0.4, 0.5) is 26.3 Å². The molecule has 12 heteroatoms. The molecule has 0 unspecified atom stereocenters. The number of benzene rings is 1. The van der Waals surface area contributed by atoms with Crippen molar-refractivity contribution in [2.75, 3.05) is 0 Å². The van der Waals surface area contributed by atoms with Gasteiger partial charge >= 0.3 is 12.4 Å². The molecule has 0 bridgehead atoms. The molecule has 0 N–H and O–H groups in total. The van der Waals surface area contributed by atoms with Crippen molar-refractivity contribution in [3.8, 4) is 0 Å². The summed E-state index contributed by atoms with van der Waals surface area (Å²) < 4.78 is 103. The Morgan fingerprint density at radius 3 is 2.27 bits per heavy atom. The minimum Gasteiger partial charge on any atom is -0.264 e. The second-order valence-corrected chi connectivity index (χ2v) is 6.88. The molecule has 0 fully saturated rings. The highest BCUT2D eigenvalue weighted by Gasteiger charge is 2.39. The Labute approximate surface area is 141 Å². The third-order valence-corrected chi connectivity index (χ3v) is 4.99. The van der Waals surface area contributed by atoms with Gasteiger partial charge in [-0.05, 0) is 24.3 Å². The third kappa shape index (κ3) is 3.00. The van der Waals surface area contributed by atoms with E-state index in [0.717, 1.165) is 30.6 Å². The molecular weight excluding hydrogens is 388 g/mol. The molecule has 2 heterocycles. The molecule has 0 atom stereocenters. The van der Waals surface area contributed by atoms with E-state index in [0.29, 0.717) is 12.1 Å². The van der Waals surface area contributed by atoms with Crippen LogP contribution in [0.3, 0.4) is 0 Å². The average Bonchev–Trinajstić information content (AvgIpc) is 2.95. The van der Waals surface area contributed by atoms with Crippen LogP contribution in [-0.2, 0) is 22.4 Å². The first-order valence-electron chi connectivity index (χ1n) is 6.75. The van der Waals surface area contributed by atoms with Crippen LogP contribution < -0.4 is 0 Å². The molecule has 0 aliphatic carbocycles. The second kappa shape index (κ2) is 5.69. The van der Waals surface area contributed by atoms with Crippen LogP contribution in [0.2, 0.25) is 0 Å². The summed E-state index contributed by atoms with van der Waals surface area (Å²) >= 11 is 0. The zero-order chi connectivity index (χ0) is 19.3. The molecule has 0 aliphatic heterocycles. The molecule has 0 saturated heterocycles. The zero-order valence-corrected chi connectivity index (χ0v) is 13.2. The van der Waals surface area contributed by atoms with Crippen molar-refractivity contribution in [1.29, 1.82) is 0 Å². The minimum absolute atomic E-state index is 0.0579. The molecule has 3 rings (SSSR count). The number of hydrogen-bond donors (Lipinski definition) is 0. The van der Waals surface area contributed by atoms with E-state index in [1.54, 1.807) is 0 Å². The van der Waals surface area contributed by atoms with Crippen molar-refractivity contribution < 1.29 is 34.8 Å². The second-order valence-electron chi connectivity index (χ2n) is 5.11. The fourth-order valence-corrected chi connectivity index (χ4v) is 3.59. The summed E-state index contributed by atoms with van der Waals surface area (Å²) in [5.74, 6) is 0. The molecule has 2 aromatic heterocycles. The van der Waals surface area contributed by atoms with E-state index in [-0.39, 0.29) is 4.09 Å². The lowest BCUT2D eigenvalue weighted by atomic mass is 10.2. The van der Waals surface area contributed by atoms with E-state index in [1.807, 2.05) is 0 Å². The number of rotatable bonds is 2. The maximum absolute atomic E-state index is 13.1. The summed E-state index contributed by atoms with van der Waals surface area (Å²) in [7, 11) is -4.81. The molecule has 0 amide bonds. The van der Waals surface area contributed by atoms with Crippen LogP contribution in [0, 0.1) is 0 Å². The highest BCUT2D eigenvalue weighted by atomic mass is 32.2. The van der Waals surface area contributed by atoms with Gasteiger partial charge in [-0.15, -0.1) is 0 Å². The monoisotopic (exact) mass is 395 g/mol. The van der Waals surface area contributed by atoms with E-state index in [2.05, 4.69) is 10.1 Å². The van der Waals surface area contributed by atoms with Crippen molar-refractivity contribution in [2.45, 2.75) is 17.2 Å². The number of nitrogens with zero attached hydrogens (tertiary/aromatic N) is 3. The number of alkyl halides is 6. The highest BCUT2D eigenvalue weighted by Crippen LogP contribution is 2.35. The summed E-state index contributed by atoms with van der Waals surface area (Å²) in [5.41, 5.74) is -3.21. The average molecular weight is 395 g/mol. The summed E-state index contributed by atoms with van der Waals surface area (Å²) in [5, 5.41) is 2.50. The fraction of sp³-hybridized carbons (Fsp3) is 0.143. The number of pyridine rings is 1. The molecular formula is C14H7F6N3O2S. The van der Waals surface area contributed by atoms with Gasteiger partial charge in [-0.1, -0.05) is 6.07 Å². The maximum Gasteiger partial charge on any atom is 0.435 e. The molecule has 0 radical (unpaired) electrons. The largest absolute Gasteiger partial charge is 0.435 e. The van der Waals surface area contributed by atoms with Crippen LogP contribution in [0.25, 0.3) is 10.9 Å². The summed E-state index contributed by atoms with van der Waals surface area (Å²) in [4.78, 5) is 2.66. The van der Waals surface area contributed by atoms with Crippen molar-refractivity contribution in [2.24, 2.45) is 0 Å². The smallest absolute Gasteiger partial charge is 0.264 e. The quantitative estimate of drug-likeness (QED) is 0.621. The Morgan fingerprint density at radius 2 is 1.65 bits per heavy atom. The van der Waals surface area contributed by atoms with Gasteiger partial charge in [0.15, 0.2) is 5.69 Å². The molecule has 5 nitrogen and oxygen atoms in total. The summed E-state index contributed by atoms with van der Waals surface area (Å²) in [6.07, 6.45) is -7.97. The SMILES string of the molecule is O=S(=O)(c1cccc(C(F)(F)F)c1)n1nc(C(F)(F)F)c2cnccc21. The first kappa shape index (κ1) is 18.2. The maximum atomic E-state index is 13.1. The van der Waals surface area contributed by atoms with Gasteiger partial charge in [0.1, 0.15) is 0 Å². The van der Waals surface area contributed by atoms with Crippen LogP contribution in [-0.4, -0.2) is 22.6 Å².